The summed E-state index contributed by atoms with van der Waals surface area (Å²) < 4.78 is 39.5. The van der Waals surface area contributed by atoms with Gasteiger partial charge in [-0.15, -0.1) is 0 Å². The fraction of sp³-hybridized carbons (Fsp3) is 0.200. The zero-order chi connectivity index (χ0) is 24.7. The maximum Gasteiger partial charge on any atom is 0.253 e. The molecule has 0 spiro atoms. The number of rotatable bonds is 9. The molecule has 0 fully saturated rings. The molecule has 3 aromatic carbocycles. The van der Waals surface area contributed by atoms with Crippen LogP contribution in [-0.4, -0.2) is 32.5 Å². The number of para-hydroxylation sites is 1. The van der Waals surface area contributed by atoms with Gasteiger partial charge in [-0.3, -0.25) is 13.9 Å². The van der Waals surface area contributed by atoms with Gasteiger partial charge in [-0.25, -0.2) is 12.8 Å². The first kappa shape index (κ1) is 24.9. The molecule has 0 radical (unpaired) electrons. The smallest absolute Gasteiger partial charge is 0.253 e. The maximum atomic E-state index is 13.4. The fourth-order valence-corrected chi connectivity index (χ4v) is 4.74. The Bertz CT molecular complexity index is 1250. The first-order chi connectivity index (χ1) is 16.2. The van der Waals surface area contributed by atoms with Gasteiger partial charge in [0.15, 0.2) is 0 Å². The fourth-order valence-electron chi connectivity index (χ4n) is 3.53. The first-order valence-electron chi connectivity index (χ1n) is 10.7. The molecule has 0 bridgehead atoms. The van der Waals surface area contributed by atoms with Crippen LogP contribution in [0, 0.1) is 5.82 Å². The molecular formula is C25H26FN3O4S. The highest BCUT2D eigenvalue weighted by Crippen LogP contribution is 2.24. The standard InChI is InChI=1S/C25H26FN3O4S/c1-3-23(29(34(2,32)33)20-15-13-19(26)14-16-20)25(31)28-22-12-8-7-11-21(22)24(30)27-17-18-9-5-4-6-10-18/h4-16,23H,3,17H2,1-2H3,(H,27,30)(H,28,31). The molecule has 0 heterocycles. The van der Waals surface area contributed by atoms with Crippen LogP contribution in [0.1, 0.15) is 29.3 Å². The minimum atomic E-state index is -3.87. The van der Waals surface area contributed by atoms with Gasteiger partial charge in [-0.1, -0.05) is 49.4 Å². The number of carbonyl (C=O) groups excluding carboxylic acids is 2. The summed E-state index contributed by atoms with van der Waals surface area (Å²) >= 11 is 0. The van der Waals surface area contributed by atoms with Crippen LogP contribution in [-0.2, 0) is 21.4 Å². The molecule has 3 rings (SSSR count). The van der Waals surface area contributed by atoms with E-state index in [2.05, 4.69) is 10.6 Å². The number of nitrogens with zero attached hydrogens (tertiary/aromatic N) is 1. The Labute approximate surface area is 198 Å². The number of hydrogen-bond donors (Lipinski definition) is 2. The lowest BCUT2D eigenvalue weighted by molar-refractivity contribution is -0.117. The second kappa shape index (κ2) is 10.9. The van der Waals surface area contributed by atoms with E-state index in [4.69, 9.17) is 0 Å². The molecule has 9 heteroatoms. The normalized spacial score (nSPS) is 12.0. The van der Waals surface area contributed by atoms with Crippen LogP contribution >= 0.6 is 0 Å². The lowest BCUT2D eigenvalue weighted by atomic mass is 10.1. The summed E-state index contributed by atoms with van der Waals surface area (Å²) in [5, 5.41) is 5.51. The topological polar surface area (TPSA) is 95.6 Å². The van der Waals surface area contributed by atoms with Crippen molar-refractivity contribution in [1.82, 2.24) is 5.32 Å². The summed E-state index contributed by atoms with van der Waals surface area (Å²) in [6.45, 7) is 1.98. The number of carbonyl (C=O) groups is 2. The number of nitrogens with one attached hydrogen (secondary N) is 2. The summed E-state index contributed by atoms with van der Waals surface area (Å²) in [6, 6.07) is 19.6. The molecule has 2 N–H and O–H groups in total. The molecular weight excluding hydrogens is 457 g/mol. The van der Waals surface area contributed by atoms with Gasteiger partial charge in [-0.2, -0.15) is 0 Å². The van der Waals surface area contributed by atoms with E-state index in [1.54, 1.807) is 31.2 Å². The first-order valence-corrected chi connectivity index (χ1v) is 12.5. The van der Waals surface area contributed by atoms with E-state index < -0.39 is 27.8 Å². The van der Waals surface area contributed by atoms with E-state index in [1.807, 2.05) is 30.3 Å². The Morgan fingerprint density at radius 2 is 1.56 bits per heavy atom. The van der Waals surface area contributed by atoms with Crippen LogP contribution in [0.15, 0.2) is 78.9 Å². The Balaban J connectivity index is 1.83. The van der Waals surface area contributed by atoms with Crippen LogP contribution in [0.2, 0.25) is 0 Å². The van der Waals surface area contributed by atoms with Crippen molar-refractivity contribution in [3.8, 4) is 0 Å². The third-order valence-electron chi connectivity index (χ3n) is 5.14. The zero-order valence-corrected chi connectivity index (χ0v) is 19.7. The number of hydrogen-bond acceptors (Lipinski definition) is 4. The lowest BCUT2D eigenvalue weighted by Crippen LogP contribution is -2.47. The quantitative estimate of drug-likeness (QED) is 0.482. The average Bonchev–Trinajstić information content (AvgIpc) is 2.82. The third-order valence-corrected chi connectivity index (χ3v) is 6.32. The van der Waals surface area contributed by atoms with Crippen LogP contribution in [0.5, 0.6) is 0 Å². The van der Waals surface area contributed by atoms with Crippen molar-refractivity contribution >= 4 is 33.2 Å². The predicted molar refractivity (Wildman–Crippen MR) is 130 cm³/mol. The number of benzene rings is 3. The van der Waals surface area contributed by atoms with Crippen LogP contribution in [0.4, 0.5) is 15.8 Å². The highest BCUT2D eigenvalue weighted by molar-refractivity contribution is 7.92. The molecule has 0 aromatic heterocycles. The summed E-state index contributed by atoms with van der Waals surface area (Å²) in [7, 11) is -3.87. The van der Waals surface area contributed by atoms with E-state index in [1.165, 1.54) is 12.1 Å². The summed E-state index contributed by atoms with van der Waals surface area (Å²) in [5.74, 6) is -1.52. The molecule has 0 saturated heterocycles. The minimum Gasteiger partial charge on any atom is -0.348 e. The van der Waals surface area contributed by atoms with Crippen molar-refractivity contribution in [2.45, 2.75) is 25.9 Å². The molecule has 7 nitrogen and oxygen atoms in total. The second-order valence-electron chi connectivity index (χ2n) is 7.66. The molecule has 1 unspecified atom stereocenters. The van der Waals surface area contributed by atoms with Crippen LogP contribution < -0.4 is 14.9 Å². The summed E-state index contributed by atoms with van der Waals surface area (Å²) in [4.78, 5) is 26.0. The SMILES string of the molecule is CCC(C(=O)Nc1ccccc1C(=O)NCc1ccccc1)N(c1ccc(F)cc1)S(C)(=O)=O. The van der Waals surface area contributed by atoms with Gasteiger partial charge in [-0.05, 0) is 48.4 Å². The molecule has 34 heavy (non-hydrogen) atoms. The largest absolute Gasteiger partial charge is 0.348 e. The second-order valence-corrected chi connectivity index (χ2v) is 9.52. The van der Waals surface area contributed by atoms with Crippen LogP contribution in [0.25, 0.3) is 0 Å². The van der Waals surface area contributed by atoms with E-state index in [0.29, 0.717) is 6.54 Å². The van der Waals surface area contributed by atoms with Crippen molar-refractivity contribution in [2.24, 2.45) is 0 Å². The molecule has 1 atom stereocenters. The minimum absolute atomic E-state index is 0.151. The highest BCUT2D eigenvalue weighted by Gasteiger charge is 2.32. The lowest BCUT2D eigenvalue weighted by Gasteiger charge is -2.30. The van der Waals surface area contributed by atoms with Gasteiger partial charge in [0.05, 0.1) is 23.2 Å². The molecule has 0 aliphatic carbocycles. The van der Waals surface area contributed by atoms with E-state index in [-0.39, 0.29) is 29.3 Å². The van der Waals surface area contributed by atoms with Crippen molar-refractivity contribution in [2.75, 3.05) is 15.9 Å². The number of sulfonamides is 1. The Kier molecular flexibility index (Phi) is 8.01. The van der Waals surface area contributed by atoms with Gasteiger partial charge in [0.2, 0.25) is 15.9 Å². The van der Waals surface area contributed by atoms with Gasteiger partial charge in [0.1, 0.15) is 11.9 Å². The Morgan fingerprint density at radius 1 is 0.941 bits per heavy atom. The highest BCUT2D eigenvalue weighted by atomic mass is 32.2. The monoisotopic (exact) mass is 483 g/mol. The molecule has 0 aliphatic heterocycles. The zero-order valence-electron chi connectivity index (χ0n) is 18.9. The Morgan fingerprint density at radius 3 is 2.18 bits per heavy atom. The maximum absolute atomic E-state index is 13.4. The van der Waals surface area contributed by atoms with Gasteiger partial charge >= 0.3 is 0 Å². The van der Waals surface area contributed by atoms with E-state index in [9.17, 15) is 22.4 Å². The summed E-state index contributed by atoms with van der Waals surface area (Å²) in [5.41, 5.74) is 1.59. The average molecular weight is 484 g/mol. The van der Waals surface area contributed by atoms with Gasteiger partial charge in [0.25, 0.3) is 5.91 Å². The molecule has 0 saturated carbocycles. The van der Waals surface area contributed by atoms with Gasteiger partial charge < -0.3 is 10.6 Å². The van der Waals surface area contributed by atoms with Gasteiger partial charge in [0, 0.05) is 6.54 Å². The van der Waals surface area contributed by atoms with Crippen molar-refractivity contribution < 1.29 is 22.4 Å². The number of anilines is 2. The van der Waals surface area contributed by atoms with E-state index in [0.717, 1.165) is 28.3 Å². The molecule has 0 aliphatic rings. The predicted octanol–water partition coefficient (Wildman–Crippen LogP) is 3.94. The van der Waals surface area contributed by atoms with Crippen molar-refractivity contribution in [3.05, 3.63) is 95.8 Å². The molecule has 2 amide bonds. The molecule has 178 valence electrons. The number of amides is 2. The number of halogens is 1. The summed E-state index contributed by atoms with van der Waals surface area (Å²) in [6.07, 6.45) is 1.13. The van der Waals surface area contributed by atoms with E-state index >= 15 is 0 Å². The third kappa shape index (κ3) is 6.20. The van der Waals surface area contributed by atoms with Crippen molar-refractivity contribution in [1.29, 1.82) is 0 Å². The Hall–Kier alpha value is -3.72. The van der Waals surface area contributed by atoms with Crippen molar-refractivity contribution in [3.63, 3.8) is 0 Å². The molecule has 3 aromatic rings. The van der Waals surface area contributed by atoms with Crippen LogP contribution in [0.3, 0.4) is 0 Å².